The second-order valence-electron chi connectivity index (χ2n) is 4.59. The van der Waals surface area contributed by atoms with E-state index in [0.717, 1.165) is 48.0 Å². The molecule has 0 aromatic carbocycles. The Morgan fingerprint density at radius 1 is 1.32 bits per heavy atom. The minimum Gasteiger partial charge on any atom is -0.311 e. The molecule has 0 radical (unpaired) electrons. The minimum absolute atomic E-state index is 0.731. The van der Waals surface area contributed by atoms with E-state index in [2.05, 4.69) is 22.4 Å². The van der Waals surface area contributed by atoms with Crippen LogP contribution in [-0.2, 0) is 33.5 Å². The summed E-state index contributed by atoms with van der Waals surface area (Å²) in [6.45, 7) is 3.67. The molecule has 19 heavy (non-hydrogen) atoms. The van der Waals surface area contributed by atoms with Gasteiger partial charge in [-0.1, -0.05) is 18.5 Å². The van der Waals surface area contributed by atoms with E-state index < -0.39 is 0 Å². The van der Waals surface area contributed by atoms with Crippen LogP contribution in [0.5, 0.6) is 0 Å². The normalized spacial score (nSPS) is 11.2. The monoisotopic (exact) mass is 281 g/mol. The van der Waals surface area contributed by atoms with E-state index >= 15 is 0 Å². The summed E-state index contributed by atoms with van der Waals surface area (Å²) in [5, 5.41) is 12.9. The second-order valence-corrected chi connectivity index (χ2v) is 4.97. The molecule has 2 aromatic rings. The van der Waals surface area contributed by atoms with Crippen LogP contribution in [0.1, 0.15) is 24.0 Å². The molecule has 0 spiro atoms. The third kappa shape index (κ3) is 3.36. The molecule has 2 aromatic heterocycles. The van der Waals surface area contributed by atoms with Crippen LogP contribution in [0.25, 0.3) is 0 Å². The predicted molar refractivity (Wildman–Crippen MR) is 76.2 cm³/mol. The summed E-state index contributed by atoms with van der Waals surface area (Å²) in [4.78, 5) is 0. The molecule has 2 rings (SSSR count). The van der Waals surface area contributed by atoms with Gasteiger partial charge in [0.15, 0.2) is 0 Å². The van der Waals surface area contributed by atoms with Crippen molar-refractivity contribution in [2.45, 2.75) is 26.3 Å². The fourth-order valence-corrected chi connectivity index (χ4v) is 2.39. The number of aryl methyl sites for hydroxylation is 3. The first-order valence-corrected chi connectivity index (χ1v) is 6.89. The van der Waals surface area contributed by atoms with Crippen LogP contribution < -0.4 is 5.32 Å². The first kappa shape index (κ1) is 14.1. The van der Waals surface area contributed by atoms with Gasteiger partial charge < -0.3 is 5.32 Å². The van der Waals surface area contributed by atoms with Gasteiger partial charge in [-0.2, -0.15) is 10.2 Å². The smallest absolute Gasteiger partial charge is 0.0863 e. The third-order valence-corrected chi connectivity index (χ3v) is 3.56. The zero-order chi connectivity index (χ0) is 13.8. The minimum atomic E-state index is 0.731. The zero-order valence-electron chi connectivity index (χ0n) is 11.6. The Morgan fingerprint density at radius 2 is 2.11 bits per heavy atom. The highest BCUT2D eigenvalue weighted by molar-refractivity contribution is 6.31. The van der Waals surface area contributed by atoms with Crippen LogP contribution in [0.4, 0.5) is 0 Å². The Bertz CT molecular complexity index is 543. The van der Waals surface area contributed by atoms with E-state index in [9.17, 15) is 0 Å². The van der Waals surface area contributed by atoms with Crippen molar-refractivity contribution in [3.05, 3.63) is 34.4 Å². The Balaban J connectivity index is 1.84. The van der Waals surface area contributed by atoms with Gasteiger partial charge in [-0.05, 0) is 12.5 Å². The van der Waals surface area contributed by atoms with Crippen molar-refractivity contribution in [2.75, 3.05) is 6.54 Å². The number of halogens is 1. The first-order valence-electron chi connectivity index (χ1n) is 6.51. The molecule has 1 N–H and O–H groups in total. The lowest BCUT2D eigenvalue weighted by molar-refractivity contribution is 0.616. The van der Waals surface area contributed by atoms with Gasteiger partial charge in [0.25, 0.3) is 0 Å². The number of aromatic nitrogens is 4. The molecule has 0 fully saturated rings. The largest absolute Gasteiger partial charge is 0.311 e. The van der Waals surface area contributed by atoms with Gasteiger partial charge in [0.2, 0.25) is 0 Å². The van der Waals surface area contributed by atoms with Crippen LogP contribution in [0, 0.1) is 0 Å². The molecule has 0 saturated heterocycles. The van der Waals surface area contributed by atoms with Gasteiger partial charge in [0.05, 0.1) is 22.1 Å². The Kier molecular flexibility index (Phi) is 4.61. The maximum absolute atomic E-state index is 6.29. The highest BCUT2D eigenvalue weighted by Gasteiger charge is 2.12. The van der Waals surface area contributed by atoms with Crippen LogP contribution in [0.15, 0.2) is 12.3 Å². The maximum atomic E-state index is 6.29. The van der Waals surface area contributed by atoms with Gasteiger partial charge in [-0.15, -0.1) is 0 Å². The molecule has 0 unspecified atom stereocenters. The van der Waals surface area contributed by atoms with Crippen molar-refractivity contribution < 1.29 is 0 Å². The van der Waals surface area contributed by atoms with E-state index in [-0.39, 0.29) is 0 Å². The van der Waals surface area contributed by atoms with Crippen LogP contribution in [-0.4, -0.2) is 26.1 Å². The predicted octanol–water partition coefficient (Wildman–Crippen LogP) is 1.70. The van der Waals surface area contributed by atoms with Gasteiger partial charge in [0.1, 0.15) is 0 Å². The Hall–Kier alpha value is -1.33. The average Bonchev–Trinajstić information content (AvgIpc) is 2.91. The van der Waals surface area contributed by atoms with Crippen molar-refractivity contribution in [3.63, 3.8) is 0 Å². The number of nitrogens with one attached hydrogen (secondary N) is 1. The number of hydrogen-bond donors (Lipinski definition) is 1. The average molecular weight is 282 g/mol. The Morgan fingerprint density at radius 3 is 2.68 bits per heavy atom. The van der Waals surface area contributed by atoms with Crippen molar-refractivity contribution >= 4 is 11.6 Å². The van der Waals surface area contributed by atoms with Crippen molar-refractivity contribution in [2.24, 2.45) is 14.1 Å². The lowest BCUT2D eigenvalue weighted by Crippen LogP contribution is -2.19. The molecular weight excluding hydrogens is 262 g/mol. The lowest BCUT2D eigenvalue weighted by Gasteiger charge is -2.04. The molecular formula is C13H20ClN5. The van der Waals surface area contributed by atoms with E-state index in [0.29, 0.717) is 0 Å². The molecule has 2 heterocycles. The fourth-order valence-electron chi connectivity index (χ4n) is 2.03. The fraction of sp³-hybridized carbons (Fsp3) is 0.538. The van der Waals surface area contributed by atoms with Gasteiger partial charge >= 0.3 is 0 Å². The molecule has 0 aliphatic carbocycles. The van der Waals surface area contributed by atoms with Crippen LogP contribution in [0.2, 0.25) is 5.02 Å². The topological polar surface area (TPSA) is 47.7 Å². The van der Waals surface area contributed by atoms with Gasteiger partial charge in [0, 0.05) is 39.8 Å². The molecule has 0 amide bonds. The van der Waals surface area contributed by atoms with E-state index in [1.807, 2.05) is 35.7 Å². The molecule has 0 atom stereocenters. The molecule has 6 heteroatoms. The second kappa shape index (κ2) is 6.21. The first-order chi connectivity index (χ1) is 9.11. The maximum Gasteiger partial charge on any atom is 0.0863 e. The highest BCUT2D eigenvalue weighted by atomic mass is 35.5. The molecule has 5 nitrogen and oxygen atoms in total. The summed E-state index contributed by atoms with van der Waals surface area (Å²) in [6, 6.07) is 2.04. The standard InChI is InChI=1S/C13H20ClN5/c1-4-11-13(14)12(19(3)17-11)9-15-7-5-10-6-8-18(2)16-10/h6,8,15H,4-5,7,9H2,1-3H3. The lowest BCUT2D eigenvalue weighted by atomic mass is 10.3. The number of hydrogen-bond acceptors (Lipinski definition) is 3. The van der Waals surface area contributed by atoms with Gasteiger partial charge in [-0.25, -0.2) is 0 Å². The quantitative estimate of drug-likeness (QED) is 0.820. The Labute approximate surface area is 118 Å². The molecule has 0 saturated carbocycles. The van der Waals surface area contributed by atoms with Crippen LogP contribution >= 0.6 is 11.6 Å². The third-order valence-electron chi connectivity index (χ3n) is 3.12. The van der Waals surface area contributed by atoms with Crippen molar-refractivity contribution in [3.8, 4) is 0 Å². The zero-order valence-corrected chi connectivity index (χ0v) is 12.4. The highest BCUT2D eigenvalue weighted by Crippen LogP contribution is 2.20. The van der Waals surface area contributed by atoms with Crippen LogP contribution in [0.3, 0.4) is 0 Å². The van der Waals surface area contributed by atoms with Gasteiger partial charge in [-0.3, -0.25) is 9.36 Å². The molecule has 104 valence electrons. The summed E-state index contributed by atoms with van der Waals surface area (Å²) in [5.74, 6) is 0. The van der Waals surface area contributed by atoms with E-state index in [4.69, 9.17) is 11.6 Å². The molecule has 0 aliphatic rings. The number of rotatable bonds is 6. The van der Waals surface area contributed by atoms with E-state index in [1.54, 1.807) is 0 Å². The van der Waals surface area contributed by atoms with E-state index in [1.165, 1.54) is 0 Å². The summed E-state index contributed by atoms with van der Waals surface area (Å²) >= 11 is 6.29. The summed E-state index contributed by atoms with van der Waals surface area (Å²) in [5.41, 5.74) is 3.10. The summed E-state index contributed by atoms with van der Waals surface area (Å²) in [7, 11) is 3.86. The number of nitrogens with zero attached hydrogens (tertiary/aromatic N) is 4. The van der Waals surface area contributed by atoms with Crippen molar-refractivity contribution in [1.29, 1.82) is 0 Å². The SMILES string of the molecule is CCc1nn(C)c(CNCCc2ccn(C)n2)c1Cl. The molecule has 0 aliphatic heterocycles. The molecule has 0 bridgehead atoms. The van der Waals surface area contributed by atoms with Crippen molar-refractivity contribution in [1.82, 2.24) is 24.9 Å². The summed E-state index contributed by atoms with van der Waals surface area (Å²) in [6.07, 6.45) is 3.73. The summed E-state index contributed by atoms with van der Waals surface area (Å²) < 4.78 is 3.68.